The summed E-state index contributed by atoms with van der Waals surface area (Å²) in [6, 6.07) is 16.9. The minimum Gasteiger partial charge on any atom is -0.366 e. The molecule has 0 aliphatic rings. The van der Waals surface area contributed by atoms with Crippen LogP contribution in [0.3, 0.4) is 0 Å². The molecule has 0 radical (unpaired) electrons. The molecule has 2 aromatic carbocycles. The van der Waals surface area contributed by atoms with E-state index in [0.717, 1.165) is 11.1 Å². The second-order valence-corrected chi connectivity index (χ2v) is 4.98. The van der Waals surface area contributed by atoms with Crippen LogP contribution in [0.1, 0.15) is 27.3 Å². The SMILES string of the molecule is NC(=O)c1ccc(Cn2nnc(C=Cc3ccccc3)n2)cc1. The molecule has 0 aliphatic heterocycles. The Morgan fingerprint density at radius 2 is 1.78 bits per heavy atom. The Labute approximate surface area is 133 Å². The Morgan fingerprint density at radius 1 is 1.04 bits per heavy atom. The number of benzene rings is 2. The van der Waals surface area contributed by atoms with Crippen LogP contribution in [-0.2, 0) is 6.54 Å². The molecule has 114 valence electrons. The van der Waals surface area contributed by atoms with Gasteiger partial charge in [0.2, 0.25) is 5.91 Å². The molecule has 3 rings (SSSR count). The van der Waals surface area contributed by atoms with E-state index in [-0.39, 0.29) is 0 Å². The summed E-state index contributed by atoms with van der Waals surface area (Å²) in [7, 11) is 0. The molecule has 2 N–H and O–H groups in total. The molecule has 1 heterocycles. The minimum absolute atomic E-state index is 0.441. The van der Waals surface area contributed by atoms with E-state index in [2.05, 4.69) is 15.4 Å². The summed E-state index contributed by atoms with van der Waals surface area (Å²) in [6.45, 7) is 0.477. The predicted octanol–water partition coefficient (Wildman–Crippen LogP) is 1.99. The molecule has 1 aromatic heterocycles. The Kier molecular flexibility index (Phi) is 4.24. The number of aromatic nitrogens is 4. The van der Waals surface area contributed by atoms with Crippen molar-refractivity contribution in [2.75, 3.05) is 0 Å². The van der Waals surface area contributed by atoms with Crippen molar-refractivity contribution in [2.45, 2.75) is 6.54 Å². The maximum atomic E-state index is 11.0. The summed E-state index contributed by atoms with van der Waals surface area (Å²) in [5.41, 5.74) is 7.73. The number of hydrogen-bond acceptors (Lipinski definition) is 4. The van der Waals surface area contributed by atoms with Crippen LogP contribution in [0.5, 0.6) is 0 Å². The Balaban J connectivity index is 1.67. The van der Waals surface area contributed by atoms with Crippen LogP contribution in [-0.4, -0.2) is 26.1 Å². The van der Waals surface area contributed by atoms with Gasteiger partial charge in [-0.15, -0.1) is 10.2 Å². The lowest BCUT2D eigenvalue weighted by atomic mass is 10.1. The van der Waals surface area contributed by atoms with E-state index in [9.17, 15) is 4.79 Å². The van der Waals surface area contributed by atoms with Crippen LogP contribution < -0.4 is 5.73 Å². The van der Waals surface area contributed by atoms with Crippen LogP contribution >= 0.6 is 0 Å². The first-order valence-electron chi connectivity index (χ1n) is 7.10. The van der Waals surface area contributed by atoms with Crippen LogP contribution in [0, 0.1) is 0 Å². The van der Waals surface area contributed by atoms with E-state index in [0.29, 0.717) is 17.9 Å². The van der Waals surface area contributed by atoms with Crippen LogP contribution in [0.4, 0.5) is 0 Å². The van der Waals surface area contributed by atoms with E-state index in [1.54, 1.807) is 12.1 Å². The maximum Gasteiger partial charge on any atom is 0.248 e. The fourth-order valence-electron chi connectivity index (χ4n) is 2.06. The number of nitrogens with two attached hydrogens (primary N) is 1. The Hall–Kier alpha value is -3.28. The van der Waals surface area contributed by atoms with Gasteiger partial charge in [0.15, 0.2) is 5.82 Å². The number of rotatable bonds is 5. The van der Waals surface area contributed by atoms with Crippen molar-refractivity contribution in [1.29, 1.82) is 0 Å². The van der Waals surface area contributed by atoms with E-state index < -0.39 is 5.91 Å². The quantitative estimate of drug-likeness (QED) is 0.781. The van der Waals surface area contributed by atoms with Crippen molar-refractivity contribution in [3.8, 4) is 0 Å². The Morgan fingerprint density at radius 3 is 2.48 bits per heavy atom. The molecular formula is C17H15N5O. The number of amides is 1. The van der Waals surface area contributed by atoms with Gasteiger partial charge in [-0.3, -0.25) is 4.79 Å². The first kappa shape index (κ1) is 14.6. The third-order valence-electron chi connectivity index (χ3n) is 3.26. The van der Waals surface area contributed by atoms with Gasteiger partial charge in [-0.05, 0) is 34.5 Å². The van der Waals surface area contributed by atoms with Crippen LogP contribution in [0.25, 0.3) is 12.2 Å². The molecule has 0 fully saturated rings. The van der Waals surface area contributed by atoms with E-state index in [4.69, 9.17) is 5.73 Å². The van der Waals surface area contributed by atoms with Crippen molar-refractivity contribution >= 4 is 18.1 Å². The van der Waals surface area contributed by atoms with Crippen molar-refractivity contribution < 1.29 is 4.79 Å². The lowest BCUT2D eigenvalue weighted by molar-refractivity contribution is 0.100. The summed E-state index contributed by atoms with van der Waals surface area (Å²) in [5.74, 6) is 0.103. The second-order valence-electron chi connectivity index (χ2n) is 4.98. The summed E-state index contributed by atoms with van der Waals surface area (Å²) < 4.78 is 0. The lowest BCUT2D eigenvalue weighted by Crippen LogP contribution is -2.11. The second kappa shape index (κ2) is 6.65. The van der Waals surface area contributed by atoms with Gasteiger partial charge in [0.05, 0.1) is 6.54 Å². The summed E-state index contributed by atoms with van der Waals surface area (Å²) in [5, 5.41) is 12.3. The molecule has 6 nitrogen and oxygen atoms in total. The molecule has 6 heteroatoms. The first-order valence-corrected chi connectivity index (χ1v) is 7.10. The van der Waals surface area contributed by atoms with Gasteiger partial charge in [0, 0.05) is 5.56 Å². The highest BCUT2D eigenvalue weighted by molar-refractivity contribution is 5.92. The highest BCUT2D eigenvalue weighted by Crippen LogP contribution is 2.06. The molecule has 0 spiro atoms. The first-order chi connectivity index (χ1) is 11.2. The standard InChI is InChI=1S/C17H15N5O/c18-17(23)15-9-6-14(7-10-15)12-22-20-16(19-21-22)11-8-13-4-2-1-3-5-13/h1-11H,12H2,(H2,18,23). The fraction of sp³-hybridized carbons (Fsp3) is 0.0588. The topological polar surface area (TPSA) is 86.7 Å². The minimum atomic E-state index is -0.441. The van der Waals surface area contributed by atoms with Gasteiger partial charge < -0.3 is 5.73 Å². The normalized spacial score (nSPS) is 11.0. The zero-order valence-electron chi connectivity index (χ0n) is 12.3. The molecule has 1 amide bonds. The number of tetrazole rings is 1. The third kappa shape index (κ3) is 3.88. The van der Waals surface area contributed by atoms with Crippen molar-refractivity contribution in [3.05, 3.63) is 77.1 Å². The van der Waals surface area contributed by atoms with E-state index in [1.165, 1.54) is 4.80 Å². The van der Waals surface area contributed by atoms with Crippen LogP contribution in [0.15, 0.2) is 54.6 Å². The summed E-state index contributed by atoms with van der Waals surface area (Å²) in [4.78, 5) is 12.5. The zero-order valence-corrected chi connectivity index (χ0v) is 12.3. The molecule has 0 atom stereocenters. The van der Waals surface area contributed by atoms with Gasteiger partial charge in [-0.1, -0.05) is 48.5 Å². The zero-order chi connectivity index (χ0) is 16.1. The van der Waals surface area contributed by atoms with Gasteiger partial charge in [0.1, 0.15) is 0 Å². The molecule has 0 saturated carbocycles. The van der Waals surface area contributed by atoms with Gasteiger partial charge in [0.25, 0.3) is 0 Å². The van der Waals surface area contributed by atoms with Crippen molar-refractivity contribution in [3.63, 3.8) is 0 Å². The van der Waals surface area contributed by atoms with Gasteiger partial charge >= 0.3 is 0 Å². The number of carbonyl (C=O) groups excluding carboxylic acids is 1. The molecule has 3 aromatic rings. The molecular weight excluding hydrogens is 290 g/mol. The van der Waals surface area contributed by atoms with Crippen molar-refractivity contribution in [1.82, 2.24) is 20.2 Å². The third-order valence-corrected chi connectivity index (χ3v) is 3.26. The monoisotopic (exact) mass is 305 g/mol. The molecule has 0 aliphatic carbocycles. The fourth-order valence-corrected chi connectivity index (χ4v) is 2.06. The highest BCUT2D eigenvalue weighted by atomic mass is 16.1. The number of primary amides is 1. The lowest BCUT2D eigenvalue weighted by Gasteiger charge is -2.00. The predicted molar refractivity (Wildman–Crippen MR) is 87.2 cm³/mol. The Bertz CT molecular complexity index is 822. The molecule has 0 bridgehead atoms. The highest BCUT2D eigenvalue weighted by Gasteiger charge is 2.03. The number of carbonyl (C=O) groups is 1. The molecule has 0 saturated heterocycles. The average Bonchev–Trinajstić information content (AvgIpc) is 3.02. The van der Waals surface area contributed by atoms with Gasteiger partial charge in [-0.2, -0.15) is 4.80 Å². The van der Waals surface area contributed by atoms with Crippen molar-refractivity contribution in [2.24, 2.45) is 5.73 Å². The number of hydrogen-bond donors (Lipinski definition) is 1. The molecule has 0 unspecified atom stereocenters. The average molecular weight is 305 g/mol. The summed E-state index contributed by atoms with van der Waals surface area (Å²) >= 11 is 0. The molecule has 23 heavy (non-hydrogen) atoms. The van der Waals surface area contributed by atoms with E-state index in [1.807, 2.05) is 54.6 Å². The van der Waals surface area contributed by atoms with E-state index >= 15 is 0 Å². The van der Waals surface area contributed by atoms with Gasteiger partial charge in [-0.25, -0.2) is 0 Å². The number of nitrogens with zero attached hydrogens (tertiary/aromatic N) is 4. The smallest absolute Gasteiger partial charge is 0.248 e. The largest absolute Gasteiger partial charge is 0.366 e. The van der Waals surface area contributed by atoms with Crippen LogP contribution in [0.2, 0.25) is 0 Å². The maximum absolute atomic E-state index is 11.0. The summed E-state index contributed by atoms with van der Waals surface area (Å²) in [6.07, 6.45) is 3.75.